The van der Waals surface area contributed by atoms with Crippen molar-refractivity contribution in [1.29, 1.82) is 0 Å². The minimum absolute atomic E-state index is 0.0814. The van der Waals surface area contributed by atoms with Gasteiger partial charge in [0.05, 0.1) is 12.8 Å². The minimum Gasteiger partial charge on any atom is -0.399 e. The Morgan fingerprint density at radius 2 is 1.15 bits per heavy atom. The van der Waals surface area contributed by atoms with Gasteiger partial charge in [-0.15, -0.1) is 0 Å². The maximum atomic E-state index is 12.4. The number of nitrogen functional groups attached to an aromatic ring is 1. The van der Waals surface area contributed by atoms with Gasteiger partial charge in [-0.1, -0.05) is 35.9 Å². The van der Waals surface area contributed by atoms with Crippen molar-refractivity contribution in [2.45, 2.75) is 12.8 Å². The van der Waals surface area contributed by atoms with E-state index in [1.807, 2.05) is 34.1 Å². The Morgan fingerprint density at radius 3 is 1.58 bits per heavy atom. The highest BCUT2D eigenvalue weighted by Crippen LogP contribution is 2.13. The Labute approximate surface area is 158 Å². The first-order valence-corrected chi connectivity index (χ1v) is 9.03. The zero-order valence-electron chi connectivity index (χ0n) is 14.5. The van der Waals surface area contributed by atoms with E-state index < -0.39 is 0 Å². The van der Waals surface area contributed by atoms with E-state index in [-0.39, 0.29) is 11.8 Å². The zero-order valence-corrected chi connectivity index (χ0v) is 15.3. The first-order chi connectivity index (χ1) is 12.5. The summed E-state index contributed by atoms with van der Waals surface area (Å²) < 4.78 is 0. The molecule has 1 fully saturated rings. The topological polar surface area (TPSA) is 66.6 Å². The van der Waals surface area contributed by atoms with Crippen LogP contribution in [0, 0.1) is 0 Å². The summed E-state index contributed by atoms with van der Waals surface area (Å²) in [6, 6.07) is 14.7. The number of benzene rings is 2. The summed E-state index contributed by atoms with van der Waals surface area (Å²) in [5.74, 6) is 0.164. The molecule has 5 nitrogen and oxygen atoms in total. The lowest BCUT2D eigenvalue weighted by Gasteiger charge is -2.35. The first-order valence-electron chi connectivity index (χ1n) is 8.65. The smallest absolute Gasteiger partial charge is 0.227 e. The fraction of sp³-hybridized carbons (Fsp3) is 0.300. The van der Waals surface area contributed by atoms with Crippen LogP contribution in [-0.4, -0.2) is 47.8 Å². The van der Waals surface area contributed by atoms with Gasteiger partial charge in [0.15, 0.2) is 0 Å². The molecule has 0 aliphatic carbocycles. The molecule has 0 radical (unpaired) electrons. The Morgan fingerprint density at radius 1 is 0.769 bits per heavy atom. The highest BCUT2D eigenvalue weighted by atomic mass is 35.5. The number of halogens is 1. The van der Waals surface area contributed by atoms with Crippen LogP contribution in [0.2, 0.25) is 5.02 Å². The molecule has 2 amide bonds. The largest absolute Gasteiger partial charge is 0.399 e. The van der Waals surface area contributed by atoms with Crippen molar-refractivity contribution in [2.75, 3.05) is 31.9 Å². The molecule has 1 saturated heterocycles. The number of piperazine rings is 1. The lowest BCUT2D eigenvalue weighted by atomic mass is 10.1. The molecule has 26 heavy (non-hydrogen) atoms. The fourth-order valence-electron chi connectivity index (χ4n) is 3.02. The van der Waals surface area contributed by atoms with E-state index in [4.69, 9.17) is 17.3 Å². The maximum Gasteiger partial charge on any atom is 0.227 e. The van der Waals surface area contributed by atoms with E-state index in [1.165, 1.54) is 0 Å². The average molecular weight is 372 g/mol. The van der Waals surface area contributed by atoms with Crippen molar-refractivity contribution in [3.8, 4) is 0 Å². The first kappa shape index (κ1) is 18.3. The Bertz CT molecular complexity index is 699. The van der Waals surface area contributed by atoms with Gasteiger partial charge in [-0.3, -0.25) is 9.59 Å². The molecule has 0 atom stereocenters. The third kappa shape index (κ3) is 4.76. The molecule has 1 aliphatic heterocycles. The number of rotatable bonds is 4. The van der Waals surface area contributed by atoms with Crippen molar-refractivity contribution in [2.24, 2.45) is 0 Å². The second kappa shape index (κ2) is 8.23. The van der Waals surface area contributed by atoms with Crippen LogP contribution in [0.5, 0.6) is 0 Å². The van der Waals surface area contributed by atoms with E-state index in [0.29, 0.717) is 49.7 Å². The molecule has 0 saturated carbocycles. The summed E-state index contributed by atoms with van der Waals surface area (Å²) in [4.78, 5) is 28.5. The van der Waals surface area contributed by atoms with E-state index >= 15 is 0 Å². The molecule has 136 valence electrons. The van der Waals surface area contributed by atoms with Gasteiger partial charge >= 0.3 is 0 Å². The summed E-state index contributed by atoms with van der Waals surface area (Å²) in [5.41, 5.74) is 8.25. The van der Waals surface area contributed by atoms with E-state index in [9.17, 15) is 9.59 Å². The van der Waals surface area contributed by atoms with Gasteiger partial charge in [-0.2, -0.15) is 0 Å². The van der Waals surface area contributed by atoms with Crippen LogP contribution < -0.4 is 5.73 Å². The molecular weight excluding hydrogens is 350 g/mol. The molecule has 0 bridgehead atoms. The predicted molar refractivity (Wildman–Crippen MR) is 103 cm³/mol. The molecule has 2 aromatic carbocycles. The molecule has 2 aromatic rings. The SMILES string of the molecule is Nc1ccc(CC(=O)N2CCN(C(=O)Cc3ccc(Cl)cc3)CC2)cc1. The van der Waals surface area contributed by atoms with Gasteiger partial charge in [-0.25, -0.2) is 0 Å². The lowest BCUT2D eigenvalue weighted by Crippen LogP contribution is -2.51. The van der Waals surface area contributed by atoms with Gasteiger partial charge in [0.25, 0.3) is 0 Å². The van der Waals surface area contributed by atoms with Crippen LogP contribution in [-0.2, 0) is 22.4 Å². The molecule has 0 unspecified atom stereocenters. The third-order valence-electron chi connectivity index (χ3n) is 4.59. The normalized spacial score (nSPS) is 14.3. The summed E-state index contributed by atoms with van der Waals surface area (Å²) in [6.45, 7) is 2.28. The molecular formula is C20H22ClN3O2. The number of nitrogens with zero attached hydrogens (tertiary/aromatic N) is 2. The highest BCUT2D eigenvalue weighted by molar-refractivity contribution is 6.30. The second-order valence-corrected chi connectivity index (χ2v) is 6.92. The lowest BCUT2D eigenvalue weighted by molar-refractivity contribution is -0.138. The molecule has 1 aliphatic rings. The van der Waals surface area contributed by atoms with Crippen molar-refractivity contribution in [1.82, 2.24) is 9.80 Å². The van der Waals surface area contributed by atoms with Crippen LogP contribution in [0.25, 0.3) is 0 Å². The number of amides is 2. The van der Waals surface area contributed by atoms with Gasteiger partial charge in [0.2, 0.25) is 11.8 Å². The fourth-order valence-corrected chi connectivity index (χ4v) is 3.14. The van der Waals surface area contributed by atoms with Crippen LogP contribution in [0.4, 0.5) is 5.69 Å². The van der Waals surface area contributed by atoms with Crippen molar-refractivity contribution in [3.05, 3.63) is 64.7 Å². The van der Waals surface area contributed by atoms with Crippen LogP contribution in [0.3, 0.4) is 0 Å². The molecule has 3 rings (SSSR count). The average Bonchev–Trinajstić information content (AvgIpc) is 2.65. The summed E-state index contributed by atoms with van der Waals surface area (Å²) >= 11 is 5.87. The molecule has 1 heterocycles. The number of hydrogen-bond acceptors (Lipinski definition) is 3. The number of carbonyl (C=O) groups is 2. The van der Waals surface area contributed by atoms with Crippen molar-refractivity contribution in [3.63, 3.8) is 0 Å². The molecule has 6 heteroatoms. The minimum atomic E-state index is 0.0814. The number of hydrogen-bond donors (Lipinski definition) is 1. The Balaban J connectivity index is 1.48. The van der Waals surface area contributed by atoms with E-state index in [2.05, 4.69) is 0 Å². The van der Waals surface area contributed by atoms with E-state index in [1.54, 1.807) is 24.3 Å². The van der Waals surface area contributed by atoms with Gasteiger partial charge in [0, 0.05) is 36.9 Å². The van der Waals surface area contributed by atoms with Crippen LogP contribution >= 0.6 is 11.6 Å². The Kier molecular flexibility index (Phi) is 5.78. The van der Waals surface area contributed by atoms with Gasteiger partial charge in [-0.05, 0) is 35.4 Å². The zero-order chi connectivity index (χ0) is 18.5. The summed E-state index contributed by atoms with van der Waals surface area (Å²) in [7, 11) is 0. The summed E-state index contributed by atoms with van der Waals surface area (Å²) in [5, 5.41) is 0.662. The quantitative estimate of drug-likeness (QED) is 0.839. The molecule has 0 aromatic heterocycles. The van der Waals surface area contributed by atoms with Crippen molar-refractivity contribution >= 4 is 29.1 Å². The third-order valence-corrected chi connectivity index (χ3v) is 4.84. The predicted octanol–water partition coefficient (Wildman–Crippen LogP) is 2.38. The number of carbonyl (C=O) groups excluding carboxylic acids is 2. The molecule has 2 N–H and O–H groups in total. The monoisotopic (exact) mass is 371 g/mol. The van der Waals surface area contributed by atoms with Crippen LogP contribution in [0.15, 0.2) is 48.5 Å². The molecule has 0 spiro atoms. The van der Waals surface area contributed by atoms with Crippen LogP contribution in [0.1, 0.15) is 11.1 Å². The van der Waals surface area contributed by atoms with Gasteiger partial charge in [0.1, 0.15) is 0 Å². The standard InChI is InChI=1S/C20H22ClN3O2/c21-17-5-1-15(2-6-17)13-19(25)23-9-11-24(12-10-23)20(26)14-16-3-7-18(22)8-4-16/h1-8H,9-14,22H2. The number of nitrogens with two attached hydrogens (primary N) is 1. The Hall–Kier alpha value is -2.53. The number of anilines is 1. The summed E-state index contributed by atoms with van der Waals surface area (Å²) in [6.07, 6.45) is 0.718. The van der Waals surface area contributed by atoms with Crippen molar-refractivity contribution < 1.29 is 9.59 Å². The maximum absolute atomic E-state index is 12.4. The van der Waals surface area contributed by atoms with E-state index in [0.717, 1.165) is 11.1 Å². The highest BCUT2D eigenvalue weighted by Gasteiger charge is 2.24. The van der Waals surface area contributed by atoms with Gasteiger partial charge < -0.3 is 15.5 Å². The second-order valence-electron chi connectivity index (χ2n) is 6.48.